The summed E-state index contributed by atoms with van der Waals surface area (Å²) in [6, 6.07) is 18.2. The number of fused-ring (bicyclic) bond motifs is 1. The van der Waals surface area contributed by atoms with E-state index in [1.165, 1.54) is 29.5 Å². The highest BCUT2D eigenvalue weighted by Gasteiger charge is 2.20. The maximum absolute atomic E-state index is 13.4. The van der Waals surface area contributed by atoms with Crippen molar-refractivity contribution >= 4 is 56.2 Å². The first-order valence-electron chi connectivity index (χ1n) is 9.08. The van der Waals surface area contributed by atoms with E-state index in [0.29, 0.717) is 21.3 Å². The Kier molecular flexibility index (Phi) is 5.53. The van der Waals surface area contributed by atoms with Crippen molar-refractivity contribution in [2.24, 2.45) is 0 Å². The number of thiophene rings is 1. The molecule has 0 unspecified atom stereocenters. The summed E-state index contributed by atoms with van der Waals surface area (Å²) in [5, 5.41) is 6.63. The molecule has 150 valence electrons. The molecule has 2 amide bonds. The topological polar surface area (TPSA) is 58.2 Å². The molecule has 30 heavy (non-hydrogen) atoms. The fourth-order valence-electron chi connectivity index (χ4n) is 3.06. The van der Waals surface area contributed by atoms with Crippen LogP contribution >= 0.6 is 22.9 Å². The minimum Gasteiger partial charge on any atom is -0.322 e. The minimum atomic E-state index is -0.456. The number of carbonyl (C=O) groups excluding carboxylic acids is 2. The molecule has 4 nitrogen and oxygen atoms in total. The lowest BCUT2D eigenvalue weighted by molar-refractivity contribution is 0.102. The quantitative estimate of drug-likeness (QED) is 0.381. The highest BCUT2D eigenvalue weighted by atomic mass is 35.5. The highest BCUT2D eigenvalue weighted by Crippen LogP contribution is 2.35. The van der Waals surface area contributed by atoms with E-state index in [9.17, 15) is 14.0 Å². The zero-order chi connectivity index (χ0) is 21.3. The number of aryl methyl sites for hydroxylation is 1. The molecule has 0 atom stereocenters. The second-order valence-corrected chi connectivity index (χ2v) is 8.14. The Morgan fingerprint density at radius 1 is 0.933 bits per heavy atom. The zero-order valence-corrected chi connectivity index (χ0v) is 17.4. The van der Waals surface area contributed by atoms with E-state index in [-0.39, 0.29) is 5.56 Å². The number of rotatable bonds is 4. The first-order valence-corrected chi connectivity index (χ1v) is 10.3. The van der Waals surface area contributed by atoms with Crippen LogP contribution in [0.1, 0.15) is 25.6 Å². The number of halogens is 2. The van der Waals surface area contributed by atoms with Crippen molar-refractivity contribution in [2.75, 3.05) is 10.6 Å². The van der Waals surface area contributed by atoms with Crippen LogP contribution in [0.3, 0.4) is 0 Å². The van der Waals surface area contributed by atoms with Crippen LogP contribution in [-0.4, -0.2) is 11.8 Å². The first kappa shape index (κ1) is 20.1. The van der Waals surface area contributed by atoms with Gasteiger partial charge >= 0.3 is 0 Å². The predicted octanol–water partition coefficient (Wildman–Crippen LogP) is 6.51. The molecule has 0 spiro atoms. The number of benzene rings is 3. The molecule has 0 aliphatic rings. The van der Waals surface area contributed by atoms with Gasteiger partial charge in [-0.05, 0) is 43.3 Å². The van der Waals surface area contributed by atoms with Crippen molar-refractivity contribution in [3.63, 3.8) is 0 Å². The summed E-state index contributed by atoms with van der Waals surface area (Å²) < 4.78 is 14.3. The molecule has 0 bridgehead atoms. The highest BCUT2D eigenvalue weighted by molar-refractivity contribution is 7.21. The van der Waals surface area contributed by atoms with Crippen molar-refractivity contribution in [3.8, 4) is 0 Å². The summed E-state index contributed by atoms with van der Waals surface area (Å²) in [6.45, 7) is 1.84. The Morgan fingerprint density at radius 3 is 2.50 bits per heavy atom. The van der Waals surface area contributed by atoms with Crippen molar-refractivity contribution in [1.29, 1.82) is 0 Å². The van der Waals surface area contributed by atoms with Gasteiger partial charge in [-0.1, -0.05) is 47.5 Å². The van der Waals surface area contributed by atoms with E-state index in [1.54, 1.807) is 24.3 Å². The number of nitrogens with one attached hydrogen (secondary N) is 2. The standard InChI is InChI=1S/C23H16ClFN2O2S/c1-13-9-10-18(17(11-13)22(28)26-15-6-4-5-14(25)12-15)27-23(29)21-20(24)16-7-2-3-8-19(16)30-21/h2-12H,1H3,(H,26,28)(H,27,29). The maximum atomic E-state index is 13.4. The van der Waals surface area contributed by atoms with Gasteiger partial charge in [0.05, 0.1) is 16.3 Å². The van der Waals surface area contributed by atoms with Gasteiger partial charge in [-0.2, -0.15) is 0 Å². The predicted molar refractivity (Wildman–Crippen MR) is 120 cm³/mol. The van der Waals surface area contributed by atoms with Gasteiger partial charge < -0.3 is 10.6 Å². The molecule has 0 aliphatic carbocycles. The zero-order valence-electron chi connectivity index (χ0n) is 15.8. The normalized spacial score (nSPS) is 10.8. The molecule has 0 radical (unpaired) electrons. The largest absolute Gasteiger partial charge is 0.322 e. The van der Waals surface area contributed by atoms with Gasteiger partial charge in [-0.3, -0.25) is 9.59 Å². The van der Waals surface area contributed by atoms with Crippen LogP contribution in [0.2, 0.25) is 5.02 Å². The number of carbonyl (C=O) groups is 2. The molecule has 4 rings (SSSR count). The molecule has 0 fully saturated rings. The van der Waals surface area contributed by atoms with E-state index < -0.39 is 17.6 Å². The molecule has 0 saturated carbocycles. The van der Waals surface area contributed by atoms with Crippen LogP contribution in [0.5, 0.6) is 0 Å². The summed E-state index contributed by atoms with van der Waals surface area (Å²) in [7, 11) is 0. The molecule has 3 aromatic carbocycles. The molecular formula is C23H16ClFN2O2S. The smallest absolute Gasteiger partial charge is 0.267 e. The molecule has 4 aromatic rings. The lowest BCUT2D eigenvalue weighted by Gasteiger charge is -2.12. The lowest BCUT2D eigenvalue weighted by atomic mass is 10.1. The average molecular weight is 439 g/mol. The van der Waals surface area contributed by atoms with E-state index >= 15 is 0 Å². The molecular weight excluding hydrogens is 423 g/mol. The SMILES string of the molecule is Cc1ccc(NC(=O)c2sc3ccccc3c2Cl)c(C(=O)Nc2cccc(F)c2)c1. The Balaban J connectivity index is 1.63. The minimum absolute atomic E-state index is 0.268. The third-order valence-corrected chi connectivity index (χ3v) is 6.17. The van der Waals surface area contributed by atoms with Crippen LogP contribution in [0.25, 0.3) is 10.1 Å². The van der Waals surface area contributed by atoms with Gasteiger partial charge in [0.15, 0.2) is 0 Å². The third-order valence-electron chi connectivity index (χ3n) is 4.49. The van der Waals surface area contributed by atoms with Gasteiger partial charge in [-0.25, -0.2) is 4.39 Å². The van der Waals surface area contributed by atoms with Crippen molar-refractivity contribution in [3.05, 3.63) is 93.6 Å². The van der Waals surface area contributed by atoms with Crippen LogP contribution in [0.15, 0.2) is 66.7 Å². The van der Waals surface area contributed by atoms with E-state index in [4.69, 9.17) is 11.6 Å². The van der Waals surface area contributed by atoms with Gasteiger partial charge in [0.2, 0.25) is 0 Å². The Labute approximate surface area is 181 Å². The fourth-order valence-corrected chi connectivity index (χ4v) is 4.47. The third kappa shape index (κ3) is 4.06. The summed E-state index contributed by atoms with van der Waals surface area (Å²) in [5.74, 6) is -1.31. The second-order valence-electron chi connectivity index (χ2n) is 6.71. The van der Waals surface area contributed by atoms with Crippen LogP contribution in [-0.2, 0) is 0 Å². The Hall–Kier alpha value is -3.22. The monoisotopic (exact) mass is 438 g/mol. The molecule has 2 N–H and O–H groups in total. The lowest BCUT2D eigenvalue weighted by Crippen LogP contribution is -2.18. The van der Waals surface area contributed by atoms with E-state index in [1.807, 2.05) is 31.2 Å². The summed E-state index contributed by atoms with van der Waals surface area (Å²) in [5.41, 5.74) is 1.78. The van der Waals surface area contributed by atoms with Gasteiger partial charge in [0.1, 0.15) is 10.7 Å². The molecule has 0 saturated heterocycles. The van der Waals surface area contributed by atoms with Gasteiger partial charge in [-0.15, -0.1) is 11.3 Å². The van der Waals surface area contributed by atoms with E-state index in [0.717, 1.165) is 15.6 Å². The molecule has 1 heterocycles. The van der Waals surface area contributed by atoms with Crippen molar-refractivity contribution in [2.45, 2.75) is 6.92 Å². The van der Waals surface area contributed by atoms with Crippen LogP contribution in [0, 0.1) is 12.7 Å². The second kappa shape index (κ2) is 8.26. The molecule has 1 aromatic heterocycles. The average Bonchev–Trinajstić information content (AvgIpc) is 3.06. The summed E-state index contributed by atoms with van der Waals surface area (Å²) in [4.78, 5) is 26.1. The summed E-state index contributed by atoms with van der Waals surface area (Å²) in [6.07, 6.45) is 0. The molecule has 7 heteroatoms. The Bertz CT molecular complexity index is 1290. The van der Waals surface area contributed by atoms with Crippen molar-refractivity contribution < 1.29 is 14.0 Å². The van der Waals surface area contributed by atoms with Gasteiger partial charge in [0.25, 0.3) is 11.8 Å². The number of anilines is 2. The first-order chi connectivity index (χ1) is 14.4. The number of amides is 2. The van der Waals surface area contributed by atoms with Crippen LogP contribution < -0.4 is 10.6 Å². The Morgan fingerprint density at radius 2 is 1.73 bits per heavy atom. The molecule has 0 aliphatic heterocycles. The number of hydrogen-bond acceptors (Lipinski definition) is 3. The van der Waals surface area contributed by atoms with Crippen LogP contribution in [0.4, 0.5) is 15.8 Å². The van der Waals surface area contributed by atoms with Gasteiger partial charge in [0, 0.05) is 15.8 Å². The fraction of sp³-hybridized carbons (Fsp3) is 0.0435. The maximum Gasteiger partial charge on any atom is 0.267 e. The van der Waals surface area contributed by atoms with E-state index in [2.05, 4.69) is 10.6 Å². The summed E-state index contributed by atoms with van der Waals surface area (Å²) >= 11 is 7.69. The van der Waals surface area contributed by atoms with Crippen molar-refractivity contribution in [1.82, 2.24) is 0 Å². The number of hydrogen-bond donors (Lipinski definition) is 2.